The highest BCUT2D eigenvalue weighted by Crippen LogP contribution is 2.17. The van der Waals surface area contributed by atoms with Crippen molar-refractivity contribution in [3.8, 4) is 0 Å². The van der Waals surface area contributed by atoms with E-state index in [9.17, 15) is 0 Å². The van der Waals surface area contributed by atoms with Gasteiger partial charge >= 0.3 is 0 Å². The zero-order valence-electron chi connectivity index (χ0n) is 12.2. The third-order valence-electron chi connectivity index (χ3n) is 3.53. The lowest BCUT2D eigenvalue weighted by molar-refractivity contribution is 0.432. The second-order valence-corrected chi connectivity index (χ2v) is 5.99. The van der Waals surface area contributed by atoms with Crippen molar-refractivity contribution in [1.82, 2.24) is 0 Å². The van der Waals surface area contributed by atoms with E-state index >= 15 is 0 Å². The van der Waals surface area contributed by atoms with Gasteiger partial charge in [0.05, 0.1) is 0 Å². The highest BCUT2D eigenvalue weighted by molar-refractivity contribution is 4.55. The zero-order chi connectivity index (χ0) is 12.2. The average Bonchev–Trinajstić information content (AvgIpc) is 2.23. The number of unbranched alkanes of at least 4 members (excludes halogenated alkanes) is 5. The van der Waals surface area contributed by atoms with Crippen molar-refractivity contribution in [1.29, 1.82) is 0 Å². The molecule has 0 heteroatoms. The lowest BCUT2D eigenvalue weighted by Gasteiger charge is -2.10. The summed E-state index contributed by atoms with van der Waals surface area (Å²) in [4.78, 5) is 0. The molecule has 0 fully saturated rings. The van der Waals surface area contributed by atoms with E-state index in [4.69, 9.17) is 0 Å². The Morgan fingerprint density at radius 3 is 1.62 bits per heavy atom. The van der Waals surface area contributed by atoms with E-state index in [0.29, 0.717) is 0 Å². The van der Waals surface area contributed by atoms with Gasteiger partial charge in [0.2, 0.25) is 0 Å². The molecule has 0 aliphatic carbocycles. The fourth-order valence-electron chi connectivity index (χ4n) is 2.29. The van der Waals surface area contributed by atoms with Crippen molar-refractivity contribution in [3.05, 3.63) is 0 Å². The van der Waals surface area contributed by atoms with Crippen LogP contribution in [-0.4, -0.2) is 0 Å². The van der Waals surface area contributed by atoms with Crippen LogP contribution in [0.1, 0.15) is 91.9 Å². The molecule has 0 bridgehead atoms. The van der Waals surface area contributed by atoms with Gasteiger partial charge < -0.3 is 0 Å². The molecule has 0 aromatic heterocycles. The molecule has 0 aromatic carbocycles. The van der Waals surface area contributed by atoms with E-state index in [2.05, 4.69) is 27.7 Å². The van der Waals surface area contributed by atoms with Crippen LogP contribution >= 0.6 is 0 Å². The standard InChI is InChI=1S/C16H34/c1-5-6-9-13-16(4)14-11-8-7-10-12-15(2)3/h15-16H,5-14H2,1-4H3. The Labute approximate surface area is 104 Å². The van der Waals surface area contributed by atoms with Crippen LogP contribution in [0.4, 0.5) is 0 Å². The molecular formula is C16H34. The minimum Gasteiger partial charge on any atom is -0.0654 e. The van der Waals surface area contributed by atoms with Gasteiger partial charge in [0, 0.05) is 0 Å². The quantitative estimate of drug-likeness (QED) is 0.368. The Hall–Kier alpha value is 0. The monoisotopic (exact) mass is 226 g/mol. The van der Waals surface area contributed by atoms with Crippen LogP contribution in [0.3, 0.4) is 0 Å². The van der Waals surface area contributed by atoms with Crippen molar-refractivity contribution in [2.75, 3.05) is 0 Å². The van der Waals surface area contributed by atoms with E-state index in [0.717, 1.165) is 11.8 Å². The molecule has 0 spiro atoms. The Balaban J connectivity index is 3.12. The Kier molecular flexibility index (Phi) is 11.5. The summed E-state index contributed by atoms with van der Waals surface area (Å²) in [5, 5.41) is 0. The molecule has 0 nitrogen and oxygen atoms in total. The molecule has 0 heterocycles. The molecule has 98 valence electrons. The second kappa shape index (κ2) is 11.5. The summed E-state index contributed by atoms with van der Waals surface area (Å²) in [6, 6.07) is 0. The van der Waals surface area contributed by atoms with Crippen LogP contribution < -0.4 is 0 Å². The first-order chi connectivity index (χ1) is 7.66. The van der Waals surface area contributed by atoms with Crippen LogP contribution in [0, 0.1) is 11.8 Å². The highest BCUT2D eigenvalue weighted by Gasteiger charge is 2.01. The second-order valence-electron chi connectivity index (χ2n) is 5.99. The summed E-state index contributed by atoms with van der Waals surface area (Å²) in [6.07, 6.45) is 14.4. The number of hydrogen-bond acceptors (Lipinski definition) is 0. The van der Waals surface area contributed by atoms with E-state index in [1.807, 2.05) is 0 Å². The molecule has 1 atom stereocenters. The molecule has 0 N–H and O–H groups in total. The fourth-order valence-corrected chi connectivity index (χ4v) is 2.29. The maximum absolute atomic E-state index is 2.43. The summed E-state index contributed by atoms with van der Waals surface area (Å²) in [6.45, 7) is 9.38. The van der Waals surface area contributed by atoms with Crippen LogP contribution in [0.15, 0.2) is 0 Å². The van der Waals surface area contributed by atoms with Gasteiger partial charge in [-0.05, 0) is 11.8 Å². The molecule has 0 aliphatic heterocycles. The third kappa shape index (κ3) is 12.1. The maximum atomic E-state index is 2.43. The van der Waals surface area contributed by atoms with Crippen LogP contribution in [-0.2, 0) is 0 Å². The van der Waals surface area contributed by atoms with Crippen LogP contribution in [0.2, 0.25) is 0 Å². The molecule has 0 radical (unpaired) electrons. The lowest BCUT2D eigenvalue weighted by atomic mass is 9.96. The zero-order valence-corrected chi connectivity index (χ0v) is 12.2. The Morgan fingerprint density at radius 2 is 1.12 bits per heavy atom. The van der Waals surface area contributed by atoms with Crippen molar-refractivity contribution < 1.29 is 0 Å². The maximum Gasteiger partial charge on any atom is -0.0443 e. The average molecular weight is 226 g/mol. The summed E-state index contributed by atoms with van der Waals surface area (Å²) in [5.41, 5.74) is 0. The first-order valence-corrected chi connectivity index (χ1v) is 7.66. The minimum absolute atomic E-state index is 0.896. The smallest absolute Gasteiger partial charge is 0.0443 e. The molecule has 0 aliphatic rings. The molecule has 1 unspecified atom stereocenters. The predicted octanol–water partition coefficient (Wildman–Crippen LogP) is 6.20. The van der Waals surface area contributed by atoms with Gasteiger partial charge in [-0.3, -0.25) is 0 Å². The van der Waals surface area contributed by atoms with Gasteiger partial charge in [0.1, 0.15) is 0 Å². The topological polar surface area (TPSA) is 0 Å². The molecule has 0 aromatic rings. The normalized spacial score (nSPS) is 13.3. The van der Waals surface area contributed by atoms with Gasteiger partial charge in [-0.1, -0.05) is 91.9 Å². The Bertz CT molecular complexity index is 126. The van der Waals surface area contributed by atoms with E-state index in [1.165, 1.54) is 64.2 Å². The van der Waals surface area contributed by atoms with E-state index in [-0.39, 0.29) is 0 Å². The van der Waals surface area contributed by atoms with Crippen molar-refractivity contribution in [2.45, 2.75) is 91.9 Å². The van der Waals surface area contributed by atoms with E-state index in [1.54, 1.807) is 0 Å². The molecule has 0 rings (SSSR count). The molecule has 16 heavy (non-hydrogen) atoms. The number of hydrogen-bond donors (Lipinski definition) is 0. The third-order valence-corrected chi connectivity index (χ3v) is 3.53. The van der Waals surface area contributed by atoms with Gasteiger partial charge in [0.15, 0.2) is 0 Å². The molecule has 0 amide bonds. The van der Waals surface area contributed by atoms with Gasteiger partial charge in [-0.25, -0.2) is 0 Å². The van der Waals surface area contributed by atoms with Crippen molar-refractivity contribution >= 4 is 0 Å². The van der Waals surface area contributed by atoms with Crippen LogP contribution in [0.25, 0.3) is 0 Å². The highest BCUT2D eigenvalue weighted by atomic mass is 14.1. The predicted molar refractivity (Wildman–Crippen MR) is 75.8 cm³/mol. The first kappa shape index (κ1) is 16.0. The molecular weight excluding hydrogens is 192 g/mol. The molecule has 0 saturated heterocycles. The van der Waals surface area contributed by atoms with Crippen molar-refractivity contribution in [2.24, 2.45) is 11.8 Å². The minimum atomic E-state index is 0.896. The fraction of sp³-hybridized carbons (Fsp3) is 1.00. The SMILES string of the molecule is CCCCCC(C)CCCCCCC(C)C. The summed E-state index contributed by atoms with van der Waals surface area (Å²) < 4.78 is 0. The van der Waals surface area contributed by atoms with Crippen molar-refractivity contribution in [3.63, 3.8) is 0 Å². The Morgan fingerprint density at radius 1 is 0.625 bits per heavy atom. The van der Waals surface area contributed by atoms with E-state index < -0.39 is 0 Å². The summed E-state index contributed by atoms with van der Waals surface area (Å²) in [5.74, 6) is 1.87. The van der Waals surface area contributed by atoms with Gasteiger partial charge in [-0.2, -0.15) is 0 Å². The van der Waals surface area contributed by atoms with Gasteiger partial charge in [0.25, 0.3) is 0 Å². The molecule has 0 saturated carbocycles. The first-order valence-electron chi connectivity index (χ1n) is 7.66. The summed E-state index contributed by atoms with van der Waals surface area (Å²) in [7, 11) is 0. The lowest BCUT2D eigenvalue weighted by Crippen LogP contribution is -1.95. The largest absolute Gasteiger partial charge is 0.0654 e. The number of rotatable bonds is 11. The summed E-state index contributed by atoms with van der Waals surface area (Å²) >= 11 is 0. The van der Waals surface area contributed by atoms with Gasteiger partial charge in [-0.15, -0.1) is 0 Å². The van der Waals surface area contributed by atoms with Crippen LogP contribution in [0.5, 0.6) is 0 Å².